The van der Waals surface area contributed by atoms with Crippen LogP contribution in [-0.4, -0.2) is 16.5 Å². The lowest BCUT2D eigenvalue weighted by atomic mass is 10.2. The summed E-state index contributed by atoms with van der Waals surface area (Å²) < 4.78 is 1.06. The highest BCUT2D eigenvalue weighted by molar-refractivity contribution is 9.10. The van der Waals surface area contributed by atoms with Crippen LogP contribution in [-0.2, 0) is 6.42 Å². The molecule has 3 nitrogen and oxygen atoms in total. The van der Waals surface area contributed by atoms with Gasteiger partial charge in [0.2, 0.25) is 0 Å². The van der Waals surface area contributed by atoms with Crippen molar-refractivity contribution in [1.82, 2.24) is 9.97 Å². The molecule has 2 aromatic rings. The number of nitrogens with zero attached hydrogens (tertiary/aromatic N) is 2. The fourth-order valence-electron chi connectivity index (χ4n) is 1.32. The molecule has 0 aliphatic rings. The Bertz CT molecular complexity index is 487. The zero-order valence-corrected chi connectivity index (χ0v) is 11.5. The Morgan fingerprint density at radius 1 is 1.18 bits per heavy atom. The minimum atomic E-state index is 0.625. The molecule has 1 heterocycles. The van der Waals surface area contributed by atoms with Crippen LogP contribution in [0, 0.1) is 0 Å². The van der Waals surface area contributed by atoms with Gasteiger partial charge in [0.05, 0.1) is 0 Å². The van der Waals surface area contributed by atoms with Crippen molar-refractivity contribution < 1.29 is 0 Å². The number of hydrogen-bond acceptors (Lipinski definition) is 4. The van der Waals surface area contributed by atoms with E-state index in [9.17, 15) is 0 Å². The van der Waals surface area contributed by atoms with Crippen LogP contribution in [0.25, 0.3) is 0 Å². The first kappa shape index (κ1) is 12.5. The lowest BCUT2D eigenvalue weighted by Crippen LogP contribution is -2.03. The fraction of sp³-hybridized carbons (Fsp3) is 0.167. The molecule has 2 N–H and O–H groups in total. The molecule has 0 spiro atoms. The predicted octanol–water partition coefficient (Wildman–Crippen LogP) is 2.89. The van der Waals surface area contributed by atoms with E-state index in [1.54, 1.807) is 11.8 Å². The van der Waals surface area contributed by atoms with Crippen LogP contribution in [0.4, 0.5) is 0 Å². The maximum absolute atomic E-state index is 5.48. The lowest BCUT2D eigenvalue weighted by molar-refractivity contribution is 0.890. The SMILES string of the molecule is NCCc1cnc(Sc2ccccc2Br)nc1. The second-order valence-corrected chi connectivity index (χ2v) is 5.31. The molecule has 0 atom stereocenters. The second-order valence-electron chi connectivity index (χ2n) is 3.45. The van der Waals surface area contributed by atoms with Gasteiger partial charge in [0, 0.05) is 21.8 Å². The van der Waals surface area contributed by atoms with Crippen molar-refractivity contribution in [3.8, 4) is 0 Å². The molecule has 0 saturated carbocycles. The third-order valence-electron chi connectivity index (χ3n) is 2.15. The van der Waals surface area contributed by atoms with Crippen molar-refractivity contribution in [3.63, 3.8) is 0 Å². The van der Waals surface area contributed by atoms with Crippen LogP contribution in [0.3, 0.4) is 0 Å². The number of aromatic nitrogens is 2. The van der Waals surface area contributed by atoms with E-state index in [1.165, 1.54) is 0 Å². The Morgan fingerprint density at radius 3 is 2.53 bits per heavy atom. The maximum atomic E-state index is 5.48. The highest BCUT2D eigenvalue weighted by Crippen LogP contribution is 2.30. The van der Waals surface area contributed by atoms with Crippen LogP contribution in [0.2, 0.25) is 0 Å². The molecule has 2 rings (SSSR count). The van der Waals surface area contributed by atoms with Gasteiger partial charge >= 0.3 is 0 Å². The van der Waals surface area contributed by atoms with E-state index in [0.29, 0.717) is 6.54 Å². The summed E-state index contributed by atoms with van der Waals surface area (Å²) in [4.78, 5) is 9.73. The van der Waals surface area contributed by atoms with Crippen molar-refractivity contribution >= 4 is 27.7 Å². The van der Waals surface area contributed by atoms with E-state index in [1.807, 2.05) is 36.7 Å². The Morgan fingerprint density at radius 2 is 1.88 bits per heavy atom. The van der Waals surface area contributed by atoms with Crippen LogP contribution < -0.4 is 5.73 Å². The summed E-state index contributed by atoms with van der Waals surface area (Å²) in [5.41, 5.74) is 6.55. The van der Waals surface area contributed by atoms with Gasteiger partial charge in [-0.15, -0.1) is 0 Å². The summed E-state index contributed by atoms with van der Waals surface area (Å²) in [6, 6.07) is 8.02. The summed E-state index contributed by atoms with van der Waals surface area (Å²) >= 11 is 5.04. The quantitative estimate of drug-likeness (QED) is 0.882. The number of rotatable bonds is 4. The van der Waals surface area contributed by atoms with Gasteiger partial charge in [0.25, 0.3) is 0 Å². The highest BCUT2D eigenvalue weighted by Gasteiger charge is 2.03. The van der Waals surface area contributed by atoms with Gasteiger partial charge in [-0.05, 0) is 58.4 Å². The number of nitrogens with two attached hydrogens (primary N) is 1. The van der Waals surface area contributed by atoms with E-state index in [2.05, 4.69) is 25.9 Å². The first-order valence-corrected chi connectivity index (χ1v) is 6.84. The smallest absolute Gasteiger partial charge is 0.192 e. The van der Waals surface area contributed by atoms with E-state index in [4.69, 9.17) is 5.73 Å². The minimum Gasteiger partial charge on any atom is -0.330 e. The zero-order chi connectivity index (χ0) is 12.1. The number of benzene rings is 1. The molecule has 0 fully saturated rings. The molecule has 0 aliphatic carbocycles. The fourth-order valence-corrected chi connectivity index (χ4v) is 2.56. The molecule has 0 aliphatic heterocycles. The molecule has 0 unspecified atom stereocenters. The summed E-state index contributed by atoms with van der Waals surface area (Å²) in [7, 11) is 0. The minimum absolute atomic E-state index is 0.625. The first-order chi connectivity index (χ1) is 8.29. The van der Waals surface area contributed by atoms with Crippen LogP contribution >= 0.6 is 27.7 Å². The van der Waals surface area contributed by atoms with Crippen molar-refractivity contribution in [2.45, 2.75) is 16.5 Å². The van der Waals surface area contributed by atoms with E-state index >= 15 is 0 Å². The van der Waals surface area contributed by atoms with Gasteiger partial charge in [-0.3, -0.25) is 0 Å². The summed E-state index contributed by atoms with van der Waals surface area (Å²) in [6.45, 7) is 0.625. The second kappa shape index (κ2) is 6.14. The van der Waals surface area contributed by atoms with Crippen LogP contribution in [0.15, 0.2) is 51.2 Å². The Balaban J connectivity index is 2.11. The average molecular weight is 310 g/mol. The molecule has 1 aromatic carbocycles. The van der Waals surface area contributed by atoms with Gasteiger partial charge < -0.3 is 5.73 Å². The summed E-state index contributed by atoms with van der Waals surface area (Å²) in [5.74, 6) is 0. The molecular formula is C12H12BrN3S. The summed E-state index contributed by atoms with van der Waals surface area (Å²) in [6.07, 6.45) is 4.48. The first-order valence-electron chi connectivity index (χ1n) is 5.23. The van der Waals surface area contributed by atoms with Crippen LogP contribution in [0.1, 0.15) is 5.56 Å². The monoisotopic (exact) mass is 309 g/mol. The van der Waals surface area contributed by atoms with E-state index in [0.717, 1.165) is 26.5 Å². The molecule has 0 saturated heterocycles. The molecule has 88 valence electrons. The van der Waals surface area contributed by atoms with Gasteiger partial charge in [-0.2, -0.15) is 0 Å². The molecule has 0 radical (unpaired) electrons. The highest BCUT2D eigenvalue weighted by atomic mass is 79.9. The van der Waals surface area contributed by atoms with Crippen LogP contribution in [0.5, 0.6) is 0 Å². The van der Waals surface area contributed by atoms with Gasteiger partial charge in [-0.1, -0.05) is 12.1 Å². The Hall–Kier alpha value is -0.910. The Kier molecular flexibility index (Phi) is 4.53. The summed E-state index contributed by atoms with van der Waals surface area (Å²) in [5, 5.41) is 0.748. The van der Waals surface area contributed by atoms with Crippen molar-refractivity contribution in [3.05, 3.63) is 46.7 Å². The molecule has 0 amide bonds. The zero-order valence-electron chi connectivity index (χ0n) is 9.14. The third kappa shape index (κ3) is 3.52. The molecular weight excluding hydrogens is 298 g/mol. The molecule has 1 aromatic heterocycles. The van der Waals surface area contributed by atoms with Gasteiger partial charge in [0.15, 0.2) is 5.16 Å². The number of hydrogen-bond donors (Lipinski definition) is 1. The maximum Gasteiger partial charge on any atom is 0.192 e. The van der Waals surface area contributed by atoms with Crippen molar-refractivity contribution in [1.29, 1.82) is 0 Å². The average Bonchev–Trinajstić information content (AvgIpc) is 2.35. The molecule has 5 heteroatoms. The Labute approximate surface area is 113 Å². The topological polar surface area (TPSA) is 51.8 Å². The lowest BCUT2D eigenvalue weighted by Gasteiger charge is -2.03. The van der Waals surface area contributed by atoms with Crippen molar-refractivity contribution in [2.24, 2.45) is 5.73 Å². The number of halogens is 1. The standard InChI is InChI=1S/C12H12BrN3S/c13-10-3-1-2-4-11(10)17-12-15-7-9(5-6-14)8-16-12/h1-4,7-8H,5-6,14H2. The largest absolute Gasteiger partial charge is 0.330 e. The van der Waals surface area contributed by atoms with Crippen molar-refractivity contribution in [2.75, 3.05) is 6.54 Å². The predicted molar refractivity (Wildman–Crippen MR) is 73.1 cm³/mol. The third-order valence-corrected chi connectivity index (χ3v) is 4.08. The van der Waals surface area contributed by atoms with Gasteiger partial charge in [0.1, 0.15) is 0 Å². The van der Waals surface area contributed by atoms with Gasteiger partial charge in [-0.25, -0.2) is 9.97 Å². The van der Waals surface area contributed by atoms with E-state index < -0.39 is 0 Å². The van der Waals surface area contributed by atoms with E-state index in [-0.39, 0.29) is 0 Å². The molecule has 0 bridgehead atoms. The molecule has 17 heavy (non-hydrogen) atoms. The normalized spacial score (nSPS) is 10.5.